The number of anilines is 2. The Kier molecular flexibility index (Phi) is 7.10. The van der Waals surface area contributed by atoms with Gasteiger partial charge in [0.1, 0.15) is 23.1 Å². The first-order valence-electron chi connectivity index (χ1n) is 13.9. The SMILES string of the molecule is Cc1cc(Nc2cc(C3=CCCO3)nc(CNC3CC4CCCC(C3)N4CC(=O)N3CCCC3)n2)n[nH]1. The molecule has 4 aliphatic heterocycles. The average Bonchev–Trinajstić information content (AvgIpc) is 3.66. The van der Waals surface area contributed by atoms with E-state index in [4.69, 9.17) is 14.7 Å². The second-order valence-electron chi connectivity index (χ2n) is 10.9. The van der Waals surface area contributed by atoms with Crippen LogP contribution >= 0.6 is 0 Å². The molecule has 10 heteroatoms. The Morgan fingerprint density at radius 3 is 2.62 bits per heavy atom. The molecule has 2 aromatic rings. The Morgan fingerprint density at radius 2 is 1.92 bits per heavy atom. The van der Waals surface area contributed by atoms with Crippen LogP contribution in [0.25, 0.3) is 5.76 Å². The molecule has 2 unspecified atom stereocenters. The molecule has 2 bridgehead atoms. The molecule has 2 aromatic heterocycles. The number of hydrogen-bond donors (Lipinski definition) is 3. The summed E-state index contributed by atoms with van der Waals surface area (Å²) in [5, 5.41) is 14.3. The normalized spacial score (nSPS) is 25.7. The van der Waals surface area contributed by atoms with E-state index in [0.717, 1.165) is 74.0 Å². The zero-order valence-corrected chi connectivity index (χ0v) is 21.7. The monoisotopic (exact) mass is 506 g/mol. The van der Waals surface area contributed by atoms with E-state index in [9.17, 15) is 4.79 Å². The molecule has 6 rings (SSSR count). The van der Waals surface area contributed by atoms with Gasteiger partial charge in [0.05, 0.1) is 19.7 Å². The summed E-state index contributed by atoms with van der Waals surface area (Å²) in [4.78, 5) is 27.0. The number of carbonyl (C=O) groups excluding carboxylic acids is 1. The van der Waals surface area contributed by atoms with Crippen LogP contribution in [0.15, 0.2) is 18.2 Å². The molecule has 3 saturated heterocycles. The zero-order chi connectivity index (χ0) is 25.2. The molecule has 2 atom stereocenters. The Morgan fingerprint density at radius 1 is 1.11 bits per heavy atom. The number of rotatable bonds is 8. The van der Waals surface area contributed by atoms with Gasteiger partial charge in [0.2, 0.25) is 5.91 Å². The highest BCUT2D eigenvalue weighted by atomic mass is 16.5. The van der Waals surface area contributed by atoms with Crippen LogP contribution in [0.1, 0.15) is 68.6 Å². The highest BCUT2D eigenvalue weighted by Gasteiger charge is 2.39. The summed E-state index contributed by atoms with van der Waals surface area (Å²) in [6.45, 7) is 5.71. The van der Waals surface area contributed by atoms with Gasteiger partial charge in [-0.1, -0.05) is 6.42 Å². The van der Waals surface area contributed by atoms with Crippen LogP contribution in [-0.2, 0) is 16.1 Å². The van der Waals surface area contributed by atoms with E-state index in [0.29, 0.717) is 49.5 Å². The quantitative estimate of drug-likeness (QED) is 0.501. The molecular weight excluding hydrogens is 468 g/mol. The van der Waals surface area contributed by atoms with E-state index in [1.54, 1.807) is 0 Å². The molecule has 198 valence electrons. The summed E-state index contributed by atoms with van der Waals surface area (Å²) >= 11 is 0. The first kappa shape index (κ1) is 24.4. The lowest BCUT2D eigenvalue weighted by atomic mass is 9.81. The van der Waals surface area contributed by atoms with E-state index in [2.05, 4.69) is 36.7 Å². The molecule has 3 fully saturated rings. The van der Waals surface area contributed by atoms with Crippen LogP contribution in [0.3, 0.4) is 0 Å². The van der Waals surface area contributed by atoms with Crippen molar-refractivity contribution in [2.24, 2.45) is 0 Å². The molecule has 10 nitrogen and oxygen atoms in total. The number of carbonyl (C=O) groups is 1. The fourth-order valence-corrected chi connectivity index (χ4v) is 6.34. The van der Waals surface area contributed by atoms with Gasteiger partial charge < -0.3 is 20.3 Å². The van der Waals surface area contributed by atoms with Crippen molar-refractivity contribution < 1.29 is 9.53 Å². The maximum Gasteiger partial charge on any atom is 0.236 e. The maximum absolute atomic E-state index is 12.9. The van der Waals surface area contributed by atoms with Crippen LogP contribution in [-0.4, -0.2) is 80.2 Å². The lowest BCUT2D eigenvalue weighted by Crippen LogP contribution is -2.58. The van der Waals surface area contributed by atoms with E-state index in [1.165, 1.54) is 19.3 Å². The predicted molar refractivity (Wildman–Crippen MR) is 141 cm³/mol. The van der Waals surface area contributed by atoms with E-state index in [1.807, 2.05) is 19.1 Å². The average molecular weight is 507 g/mol. The number of aromatic nitrogens is 4. The molecule has 0 aromatic carbocycles. The van der Waals surface area contributed by atoms with Gasteiger partial charge in [-0.25, -0.2) is 9.97 Å². The number of hydrogen-bond acceptors (Lipinski definition) is 8. The van der Waals surface area contributed by atoms with Crippen LogP contribution in [0.2, 0.25) is 0 Å². The maximum atomic E-state index is 12.9. The molecule has 0 saturated carbocycles. The number of likely N-dealkylation sites (tertiary alicyclic amines) is 1. The van der Waals surface area contributed by atoms with E-state index < -0.39 is 0 Å². The van der Waals surface area contributed by atoms with Crippen molar-refractivity contribution in [3.63, 3.8) is 0 Å². The van der Waals surface area contributed by atoms with Crippen LogP contribution in [0.5, 0.6) is 0 Å². The van der Waals surface area contributed by atoms with E-state index in [-0.39, 0.29) is 0 Å². The summed E-state index contributed by atoms with van der Waals surface area (Å²) in [5.41, 5.74) is 1.78. The lowest BCUT2D eigenvalue weighted by molar-refractivity contribution is -0.134. The number of fused-ring (bicyclic) bond motifs is 2. The first-order chi connectivity index (χ1) is 18.1. The Labute approximate surface area is 218 Å². The lowest BCUT2D eigenvalue weighted by Gasteiger charge is -2.49. The summed E-state index contributed by atoms with van der Waals surface area (Å²) in [6.07, 6.45) is 11.0. The highest BCUT2D eigenvalue weighted by Crippen LogP contribution is 2.34. The first-order valence-corrected chi connectivity index (χ1v) is 13.9. The fraction of sp³-hybridized carbons (Fsp3) is 0.630. The summed E-state index contributed by atoms with van der Waals surface area (Å²) < 4.78 is 5.79. The number of aromatic amines is 1. The fourth-order valence-electron chi connectivity index (χ4n) is 6.34. The molecule has 1 amide bonds. The molecule has 0 radical (unpaired) electrons. The van der Waals surface area contributed by atoms with Crippen molar-refractivity contribution in [2.75, 3.05) is 31.6 Å². The van der Waals surface area contributed by atoms with Gasteiger partial charge in [-0.05, 0) is 51.5 Å². The number of H-pyrrole nitrogens is 1. The number of ether oxygens (including phenoxy) is 1. The van der Waals surface area contributed by atoms with Gasteiger partial charge in [0, 0.05) is 55.5 Å². The Balaban J connectivity index is 1.12. The minimum absolute atomic E-state index is 0.321. The number of nitrogens with one attached hydrogen (secondary N) is 3. The number of nitrogens with zero attached hydrogens (tertiary/aromatic N) is 5. The molecule has 6 heterocycles. The van der Waals surface area contributed by atoms with Crippen LogP contribution < -0.4 is 10.6 Å². The largest absolute Gasteiger partial charge is 0.491 e. The Bertz CT molecular complexity index is 1130. The number of piperidine rings is 2. The summed E-state index contributed by atoms with van der Waals surface area (Å²) in [6, 6.07) is 5.21. The van der Waals surface area contributed by atoms with Crippen molar-refractivity contribution in [3.8, 4) is 0 Å². The number of aryl methyl sites for hydroxylation is 1. The Hall–Kier alpha value is -2.98. The summed E-state index contributed by atoms with van der Waals surface area (Å²) in [7, 11) is 0. The van der Waals surface area contributed by atoms with Gasteiger partial charge in [-0.3, -0.25) is 14.8 Å². The van der Waals surface area contributed by atoms with E-state index >= 15 is 0 Å². The zero-order valence-electron chi connectivity index (χ0n) is 21.7. The summed E-state index contributed by atoms with van der Waals surface area (Å²) in [5.74, 6) is 3.31. The third kappa shape index (κ3) is 5.65. The van der Waals surface area contributed by atoms with Gasteiger partial charge in [0.15, 0.2) is 5.82 Å². The van der Waals surface area contributed by atoms with Crippen LogP contribution in [0.4, 0.5) is 11.6 Å². The van der Waals surface area contributed by atoms with Crippen molar-refractivity contribution in [3.05, 3.63) is 35.4 Å². The second-order valence-corrected chi connectivity index (χ2v) is 10.9. The molecule has 3 N–H and O–H groups in total. The smallest absolute Gasteiger partial charge is 0.236 e. The standard InChI is InChI=1S/C27H38N8O2/c1-18-12-25(33-32-18)30-24-15-22(23-8-5-11-37-23)29-26(31-24)16-28-19-13-20-6-4-7-21(14-19)35(20)17-27(36)34-9-2-3-10-34/h8,12,15,19-21,28H,2-7,9-11,13-14,16-17H2,1H3,(H2,29,30,31,32,33). The van der Waals surface area contributed by atoms with Gasteiger partial charge in [-0.2, -0.15) is 5.10 Å². The van der Waals surface area contributed by atoms with Crippen molar-refractivity contribution in [2.45, 2.75) is 83.0 Å². The van der Waals surface area contributed by atoms with Crippen molar-refractivity contribution >= 4 is 23.3 Å². The second kappa shape index (κ2) is 10.8. The molecule has 0 aliphatic carbocycles. The third-order valence-electron chi connectivity index (χ3n) is 8.14. The molecule has 4 aliphatic rings. The molecule has 0 spiro atoms. The minimum Gasteiger partial charge on any atom is -0.491 e. The number of amides is 1. The molecule has 37 heavy (non-hydrogen) atoms. The predicted octanol–water partition coefficient (Wildman–Crippen LogP) is 3.11. The van der Waals surface area contributed by atoms with Crippen molar-refractivity contribution in [1.82, 2.24) is 35.3 Å². The topological polar surface area (TPSA) is 111 Å². The van der Waals surface area contributed by atoms with Gasteiger partial charge in [-0.15, -0.1) is 0 Å². The van der Waals surface area contributed by atoms with Gasteiger partial charge in [0.25, 0.3) is 0 Å². The van der Waals surface area contributed by atoms with Crippen LogP contribution in [0, 0.1) is 6.92 Å². The van der Waals surface area contributed by atoms with Crippen molar-refractivity contribution in [1.29, 1.82) is 0 Å². The minimum atomic E-state index is 0.321. The molecular formula is C27H38N8O2. The third-order valence-corrected chi connectivity index (χ3v) is 8.14. The highest BCUT2D eigenvalue weighted by molar-refractivity contribution is 5.78. The van der Waals surface area contributed by atoms with Gasteiger partial charge >= 0.3 is 0 Å².